The van der Waals surface area contributed by atoms with E-state index in [0.29, 0.717) is 0 Å². The predicted molar refractivity (Wildman–Crippen MR) is 94.6 cm³/mol. The van der Waals surface area contributed by atoms with Gasteiger partial charge in [0, 0.05) is 12.8 Å². The van der Waals surface area contributed by atoms with Crippen molar-refractivity contribution in [3.8, 4) is 23.7 Å². The van der Waals surface area contributed by atoms with Gasteiger partial charge in [-0.3, -0.25) is 0 Å². The molecule has 0 aliphatic rings. The normalized spacial score (nSPS) is 9.36. The molecule has 0 saturated carbocycles. The monoisotopic (exact) mass is 286 g/mol. The van der Waals surface area contributed by atoms with Crippen LogP contribution in [-0.4, -0.2) is 0 Å². The standard InChI is InChI=1S/C22H22/c1-3-19-11-15-21(16-12-19)9-7-5-6-8-10-22-17-13-20(4-2)14-18-22/h11-18H,3-4,9-10H2,1-2H3. The first-order chi connectivity index (χ1) is 10.8. The van der Waals surface area contributed by atoms with Crippen molar-refractivity contribution in [2.45, 2.75) is 39.5 Å². The lowest BCUT2D eigenvalue weighted by molar-refractivity contribution is 1.13. The maximum Gasteiger partial charge on any atom is 0.0350 e. The molecule has 0 aromatic heterocycles. The number of benzene rings is 2. The third-order valence-corrected chi connectivity index (χ3v) is 3.69. The molecule has 0 heteroatoms. The van der Waals surface area contributed by atoms with Gasteiger partial charge in [0.2, 0.25) is 0 Å². The first-order valence-electron chi connectivity index (χ1n) is 7.93. The van der Waals surface area contributed by atoms with Crippen LogP contribution in [0.2, 0.25) is 0 Å². The molecule has 0 atom stereocenters. The van der Waals surface area contributed by atoms with Crippen LogP contribution in [0.25, 0.3) is 0 Å². The summed E-state index contributed by atoms with van der Waals surface area (Å²) in [6.07, 6.45) is 3.70. The molecule has 0 spiro atoms. The Balaban J connectivity index is 1.82. The van der Waals surface area contributed by atoms with Crippen LogP contribution in [0.5, 0.6) is 0 Å². The van der Waals surface area contributed by atoms with E-state index >= 15 is 0 Å². The lowest BCUT2D eigenvalue weighted by Crippen LogP contribution is -1.84. The molecule has 0 amide bonds. The molecule has 2 aromatic carbocycles. The van der Waals surface area contributed by atoms with Crippen LogP contribution >= 0.6 is 0 Å². The fraction of sp³-hybridized carbons (Fsp3) is 0.273. The molecule has 2 rings (SSSR count). The summed E-state index contributed by atoms with van der Waals surface area (Å²) in [7, 11) is 0. The molecular formula is C22H22. The van der Waals surface area contributed by atoms with Gasteiger partial charge in [-0.25, -0.2) is 0 Å². The summed E-state index contributed by atoms with van der Waals surface area (Å²) in [5.41, 5.74) is 5.24. The fourth-order valence-corrected chi connectivity index (χ4v) is 2.17. The fourth-order valence-electron chi connectivity index (χ4n) is 2.17. The van der Waals surface area contributed by atoms with Gasteiger partial charge in [-0.2, -0.15) is 0 Å². The molecule has 0 heterocycles. The van der Waals surface area contributed by atoms with Crippen LogP contribution in [0.3, 0.4) is 0 Å². The summed E-state index contributed by atoms with van der Waals surface area (Å²) in [5.74, 6) is 12.1. The van der Waals surface area contributed by atoms with Crippen molar-refractivity contribution in [1.29, 1.82) is 0 Å². The average Bonchev–Trinajstić information content (AvgIpc) is 2.59. The third kappa shape index (κ3) is 5.16. The summed E-state index contributed by atoms with van der Waals surface area (Å²) < 4.78 is 0. The Bertz CT molecular complexity index is 630. The minimum atomic E-state index is 0.768. The second-order valence-electron chi connectivity index (χ2n) is 5.30. The minimum Gasteiger partial charge on any atom is -0.0843 e. The lowest BCUT2D eigenvalue weighted by Gasteiger charge is -1.97. The summed E-state index contributed by atoms with van der Waals surface area (Å²) >= 11 is 0. The van der Waals surface area contributed by atoms with Crippen LogP contribution < -0.4 is 0 Å². The van der Waals surface area contributed by atoms with E-state index in [1.165, 1.54) is 22.3 Å². The highest BCUT2D eigenvalue weighted by molar-refractivity contribution is 5.33. The highest BCUT2D eigenvalue weighted by Crippen LogP contribution is 2.06. The van der Waals surface area contributed by atoms with Gasteiger partial charge < -0.3 is 0 Å². The molecule has 0 N–H and O–H groups in total. The Morgan fingerprint density at radius 2 is 0.864 bits per heavy atom. The number of rotatable bonds is 4. The van der Waals surface area contributed by atoms with E-state index in [2.05, 4.69) is 86.1 Å². The van der Waals surface area contributed by atoms with Gasteiger partial charge in [-0.15, -0.1) is 0 Å². The number of aryl methyl sites for hydroxylation is 2. The van der Waals surface area contributed by atoms with Crippen LogP contribution in [0.4, 0.5) is 0 Å². The molecule has 0 saturated heterocycles. The third-order valence-electron chi connectivity index (χ3n) is 3.69. The van der Waals surface area contributed by atoms with Crippen molar-refractivity contribution in [1.82, 2.24) is 0 Å². The van der Waals surface area contributed by atoms with E-state index in [4.69, 9.17) is 0 Å². The summed E-state index contributed by atoms with van der Waals surface area (Å²) in [5, 5.41) is 0. The summed E-state index contributed by atoms with van der Waals surface area (Å²) in [6, 6.07) is 17.3. The van der Waals surface area contributed by atoms with Crippen LogP contribution in [-0.2, 0) is 25.7 Å². The molecule has 0 radical (unpaired) electrons. The van der Waals surface area contributed by atoms with E-state index < -0.39 is 0 Å². The van der Waals surface area contributed by atoms with Crippen molar-refractivity contribution in [2.24, 2.45) is 0 Å². The van der Waals surface area contributed by atoms with Crippen LogP contribution in [0.15, 0.2) is 48.5 Å². The second-order valence-corrected chi connectivity index (χ2v) is 5.30. The van der Waals surface area contributed by atoms with Gasteiger partial charge in [0.05, 0.1) is 0 Å². The zero-order valence-electron chi connectivity index (χ0n) is 13.4. The lowest BCUT2D eigenvalue weighted by atomic mass is 10.1. The molecule has 0 nitrogen and oxygen atoms in total. The van der Waals surface area contributed by atoms with E-state index in [1.54, 1.807) is 0 Å². The average molecular weight is 286 g/mol. The Labute approximate surface area is 134 Å². The predicted octanol–water partition coefficient (Wildman–Crippen LogP) is 4.60. The molecule has 0 bridgehead atoms. The first kappa shape index (κ1) is 15.9. The van der Waals surface area contributed by atoms with E-state index in [-0.39, 0.29) is 0 Å². The quantitative estimate of drug-likeness (QED) is 0.720. The first-order valence-corrected chi connectivity index (χ1v) is 7.93. The van der Waals surface area contributed by atoms with E-state index in [0.717, 1.165) is 25.7 Å². The Morgan fingerprint density at radius 1 is 0.545 bits per heavy atom. The maximum absolute atomic E-state index is 3.12. The number of hydrogen-bond donors (Lipinski definition) is 0. The van der Waals surface area contributed by atoms with Gasteiger partial charge in [-0.1, -0.05) is 74.2 Å². The SMILES string of the molecule is CCc1ccc(CC#CC#CCc2ccc(CC)cc2)cc1. The summed E-state index contributed by atoms with van der Waals surface area (Å²) in [6.45, 7) is 4.33. The minimum absolute atomic E-state index is 0.768. The zero-order chi connectivity index (χ0) is 15.6. The van der Waals surface area contributed by atoms with Gasteiger partial charge in [0.15, 0.2) is 0 Å². The Kier molecular flexibility index (Phi) is 6.35. The molecular weight excluding hydrogens is 264 g/mol. The largest absolute Gasteiger partial charge is 0.0843 e. The topological polar surface area (TPSA) is 0 Å². The second kappa shape index (κ2) is 8.76. The Hall–Kier alpha value is -2.44. The van der Waals surface area contributed by atoms with Gasteiger partial charge in [0.25, 0.3) is 0 Å². The van der Waals surface area contributed by atoms with Crippen LogP contribution in [0.1, 0.15) is 36.1 Å². The summed E-state index contributed by atoms with van der Waals surface area (Å²) in [4.78, 5) is 0. The molecule has 0 aliphatic carbocycles. The van der Waals surface area contributed by atoms with Gasteiger partial charge >= 0.3 is 0 Å². The van der Waals surface area contributed by atoms with Gasteiger partial charge in [-0.05, 0) is 46.9 Å². The van der Waals surface area contributed by atoms with Crippen molar-refractivity contribution >= 4 is 0 Å². The van der Waals surface area contributed by atoms with Crippen LogP contribution in [0, 0.1) is 23.7 Å². The van der Waals surface area contributed by atoms with Crippen molar-refractivity contribution in [3.63, 3.8) is 0 Å². The van der Waals surface area contributed by atoms with Crippen molar-refractivity contribution < 1.29 is 0 Å². The maximum atomic E-state index is 3.12. The Morgan fingerprint density at radius 3 is 1.18 bits per heavy atom. The van der Waals surface area contributed by atoms with Crippen molar-refractivity contribution in [3.05, 3.63) is 70.8 Å². The number of hydrogen-bond acceptors (Lipinski definition) is 0. The van der Waals surface area contributed by atoms with Gasteiger partial charge in [0.1, 0.15) is 0 Å². The van der Waals surface area contributed by atoms with E-state index in [9.17, 15) is 0 Å². The highest BCUT2D eigenvalue weighted by Gasteiger charge is 1.91. The molecule has 0 aliphatic heterocycles. The molecule has 110 valence electrons. The van der Waals surface area contributed by atoms with Crippen molar-refractivity contribution in [2.75, 3.05) is 0 Å². The zero-order valence-corrected chi connectivity index (χ0v) is 13.4. The molecule has 0 fully saturated rings. The highest BCUT2D eigenvalue weighted by atomic mass is 14.0. The van der Waals surface area contributed by atoms with E-state index in [1.807, 2.05) is 0 Å². The molecule has 22 heavy (non-hydrogen) atoms. The molecule has 0 unspecified atom stereocenters. The smallest absolute Gasteiger partial charge is 0.0350 e. The molecule has 2 aromatic rings.